The van der Waals surface area contributed by atoms with Gasteiger partial charge in [0, 0.05) is 0 Å². The summed E-state index contributed by atoms with van der Waals surface area (Å²) in [6.07, 6.45) is 2.82. The first kappa shape index (κ1) is 13.0. The molecule has 0 saturated heterocycles. The minimum Gasteiger partial charge on any atom is -0.376 e. The molecule has 1 nitrogen and oxygen atoms in total. The highest BCUT2D eigenvalue weighted by Gasteiger charge is 2.22. The Morgan fingerprint density at radius 1 is 0.950 bits per heavy atom. The fourth-order valence-electron chi connectivity index (χ4n) is 2.73. The van der Waals surface area contributed by atoms with Gasteiger partial charge in [0.25, 0.3) is 0 Å². The van der Waals surface area contributed by atoms with Gasteiger partial charge in [0.1, 0.15) is 0 Å². The summed E-state index contributed by atoms with van der Waals surface area (Å²) in [5.74, 6) is -3.76. The van der Waals surface area contributed by atoms with Crippen LogP contribution in [0, 0.1) is 17.5 Å². The average molecular weight is 277 g/mol. The molecule has 0 bridgehead atoms. The normalized spacial score (nSPS) is 17.6. The van der Waals surface area contributed by atoms with E-state index >= 15 is 0 Å². The first-order chi connectivity index (χ1) is 9.66. The molecule has 2 aromatic carbocycles. The van der Waals surface area contributed by atoms with Crippen molar-refractivity contribution in [3.63, 3.8) is 0 Å². The summed E-state index contributed by atoms with van der Waals surface area (Å²) in [5.41, 5.74) is 2.33. The second-order valence-corrected chi connectivity index (χ2v) is 5.01. The van der Waals surface area contributed by atoms with Crippen LogP contribution in [0.1, 0.15) is 30.0 Å². The second kappa shape index (κ2) is 5.19. The lowest BCUT2D eigenvalue weighted by Gasteiger charge is -2.27. The van der Waals surface area contributed by atoms with Crippen molar-refractivity contribution in [2.24, 2.45) is 0 Å². The maximum atomic E-state index is 13.7. The third-order valence-electron chi connectivity index (χ3n) is 3.73. The molecule has 1 unspecified atom stereocenters. The van der Waals surface area contributed by atoms with E-state index in [1.807, 2.05) is 24.3 Å². The number of hydrogen-bond donors (Lipinski definition) is 1. The average Bonchev–Trinajstić information content (AvgIpc) is 2.48. The van der Waals surface area contributed by atoms with E-state index in [-0.39, 0.29) is 11.7 Å². The van der Waals surface area contributed by atoms with Crippen molar-refractivity contribution < 1.29 is 13.2 Å². The zero-order valence-electron chi connectivity index (χ0n) is 10.8. The van der Waals surface area contributed by atoms with Crippen LogP contribution in [0.5, 0.6) is 0 Å². The molecule has 0 saturated carbocycles. The SMILES string of the molecule is Fc1ccc(NC2CCCc3ccccc32)c(F)c1F. The molecule has 1 atom stereocenters. The molecule has 104 valence electrons. The first-order valence-corrected chi connectivity index (χ1v) is 6.64. The van der Waals surface area contributed by atoms with Crippen LogP contribution in [0.4, 0.5) is 18.9 Å². The van der Waals surface area contributed by atoms with Crippen molar-refractivity contribution in [3.05, 3.63) is 65.0 Å². The van der Waals surface area contributed by atoms with Crippen molar-refractivity contribution in [1.29, 1.82) is 0 Å². The summed E-state index contributed by atoms with van der Waals surface area (Å²) in [5, 5.41) is 2.99. The zero-order chi connectivity index (χ0) is 14.1. The minimum absolute atomic E-state index is 0.00519. The van der Waals surface area contributed by atoms with E-state index in [2.05, 4.69) is 5.32 Å². The van der Waals surface area contributed by atoms with Gasteiger partial charge < -0.3 is 5.32 Å². The quantitative estimate of drug-likeness (QED) is 0.791. The van der Waals surface area contributed by atoms with Crippen LogP contribution in [0.25, 0.3) is 0 Å². The van der Waals surface area contributed by atoms with Gasteiger partial charge in [-0.1, -0.05) is 24.3 Å². The van der Waals surface area contributed by atoms with E-state index in [0.717, 1.165) is 30.9 Å². The molecule has 0 heterocycles. The van der Waals surface area contributed by atoms with Gasteiger partial charge in [0.2, 0.25) is 0 Å². The highest BCUT2D eigenvalue weighted by atomic mass is 19.2. The van der Waals surface area contributed by atoms with Crippen LogP contribution in [-0.4, -0.2) is 0 Å². The number of anilines is 1. The van der Waals surface area contributed by atoms with Gasteiger partial charge in [-0.2, -0.15) is 0 Å². The fraction of sp³-hybridized carbons (Fsp3) is 0.250. The molecule has 1 N–H and O–H groups in total. The lowest BCUT2D eigenvalue weighted by molar-refractivity contribution is 0.447. The van der Waals surface area contributed by atoms with Crippen LogP contribution < -0.4 is 5.32 Å². The number of fused-ring (bicyclic) bond motifs is 1. The van der Waals surface area contributed by atoms with E-state index in [9.17, 15) is 13.2 Å². The molecule has 1 aliphatic rings. The summed E-state index contributed by atoms with van der Waals surface area (Å²) in [6.45, 7) is 0. The highest BCUT2D eigenvalue weighted by molar-refractivity contribution is 5.49. The van der Waals surface area contributed by atoms with Gasteiger partial charge in [-0.05, 0) is 42.5 Å². The van der Waals surface area contributed by atoms with Crippen LogP contribution >= 0.6 is 0 Å². The molecule has 1 aliphatic carbocycles. The summed E-state index contributed by atoms with van der Waals surface area (Å²) >= 11 is 0. The van der Waals surface area contributed by atoms with Crippen molar-refractivity contribution in [2.75, 3.05) is 5.32 Å². The fourth-order valence-corrected chi connectivity index (χ4v) is 2.73. The Morgan fingerprint density at radius 2 is 1.75 bits per heavy atom. The number of rotatable bonds is 2. The number of halogens is 3. The number of aryl methyl sites for hydroxylation is 1. The molecule has 0 radical (unpaired) electrons. The predicted octanol–water partition coefficient (Wildman–Crippen LogP) is 4.59. The lowest BCUT2D eigenvalue weighted by Crippen LogP contribution is -2.18. The smallest absolute Gasteiger partial charge is 0.196 e. The van der Waals surface area contributed by atoms with Crippen molar-refractivity contribution in [1.82, 2.24) is 0 Å². The summed E-state index contributed by atoms with van der Waals surface area (Å²) in [6, 6.07) is 10.0. The van der Waals surface area contributed by atoms with E-state index in [1.54, 1.807) is 0 Å². The maximum Gasteiger partial charge on any atom is 0.196 e. The summed E-state index contributed by atoms with van der Waals surface area (Å²) < 4.78 is 39.9. The van der Waals surface area contributed by atoms with Crippen LogP contribution in [0.15, 0.2) is 36.4 Å². The third-order valence-corrected chi connectivity index (χ3v) is 3.73. The molecule has 0 aliphatic heterocycles. The molecule has 3 rings (SSSR count). The van der Waals surface area contributed by atoms with Gasteiger partial charge in [0.05, 0.1) is 11.7 Å². The van der Waals surface area contributed by atoms with E-state index < -0.39 is 17.5 Å². The Bertz CT molecular complexity index is 640. The van der Waals surface area contributed by atoms with Crippen LogP contribution in [0.3, 0.4) is 0 Å². The number of hydrogen-bond acceptors (Lipinski definition) is 1. The third kappa shape index (κ3) is 2.26. The Hall–Kier alpha value is -1.97. The highest BCUT2D eigenvalue weighted by Crippen LogP contribution is 2.33. The van der Waals surface area contributed by atoms with Crippen molar-refractivity contribution >= 4 is 5.69 Å². The molecular weight excluding hydrogens is 263 g/mol. The van der Waals surface area contributed by atoms with Gasteiger partial charge in [0.15, 0.2) is 17.5 Å². The van der Waals surface area contributed by atoms with E-state index in [4.69, 9.17) is 0 Å². The van der Waals surface area contributed by atoms with Gasteiger partial charge in [-0.25, -0.2) is 13.2 Å². The topological polar surface area (TPSA) is 12.0 Å². The molecule has 0 spiro atoms. The monoisotopic (exact) mass is 277 g/mol. The number of nitrogens with one attached hydrogen (secondary N) is 1. The lowest BCUT2D eigenvalue weighted by atomic mass is 9.87. The zero-order valence-corrected chi connectivity index (χ0v) is 10.8. The maximum absolute atomic E-state index is 13.7. The van der Waals surface area contributed by atoms with Gasteiger partial charge in [-0.3, -0.25) is 0 Å². The van der Waals surface area contributed by atoms with Crippen LogP contribution in [-0.2, 0) is 6.42 Å². The predicted molar refractivity (Wildman–Crippen MR) is 72.1 cm³/mol. The Kier molecular flexibility index (Phi) is 3.38. The molecule has 0 fully saturated rings. The largest absolute Gasteiger partial charge is 0.376 e. The summed E-state index contributed by atoms with van der Waals surface area (Å²) in [4.78, 5) is 0. The van der Waals surface area contributed by atoms with Crippen LogP contribution in [0.2, 0.25) is 0 Å². The summed E-state index contributed by atoms with van der Waals surface area (Å²) in [7, 11) is 0. The molecular formula is C16H14F3N. The molecule has 0 amide bonds. The molecule has 4 heteroatoms. The standard InChI is InChI=1S/C16H14F3N/c17-12-8-9-14(16(19)15(12)18)20-13-7-3-5-10-4-1-2-6-11(10)13/h1-2,4,6,8-9,13,20H,3,5,7H2. The van der Waals surface area contributed by atoms with Gasteiger partial charge >= 0.3 is 0 Å². The molecule has 0 aromatic heterocycles. The Labute approximate surface area is 115 Å². The van der Waals surface area contributed by atoms with Crippen molar-refractivity contribution in [2.45, 2.75) is 25.3 Å². The molecule has 2 aromatic rings. The minimum atomic E-state index is -1.43. The second-order valence-electron chi connectivity index (χ2n) is 5.01. The van der Waals surface area contributed by atoms with E-state index in [1.165, 1.54) is 11.6 Å². The Morgan fingerprint density at radius 3 is 2.60 bits per heavy atom. The first-order valence-electron chi connectivity index (χ1n) is 6.64. The van der Waals surface area contributed by atoms with E-state index in [0.29, 0.717) is 0 Å². The van der Waals surface area contributed by atoms with Crippen molar-refractivity contribution in [3.8, 4) is 0 Å². The number of benzene rings is 2. The molecule has 20 heavy (non-hydrogen) atoms. The Balaban J connectivity index is 1.92. The van der Waals surface area contributed by atoms with Gasteiger partial charge in [-0.15, -0.1) is 0 Å².